The third kappa shape index (κ3) is 2.45. The first-order valence-electron chi connectivity index (χ1n) is 5.41. The molecule has 0 aromatic carbocycles. The molecule has 0 saturated heterocycles. The average molecular weight is 209 g/mol. The van der Waals surface area contributed by atoms with Gasteiger partial charge in [-0.25, -0.2) is 9.97 Å². The van der Waals surface area contributed by atoms with Gasteiger partial charge in [0.05, 0.1) is 0 Å². The molecule has 0 aliphatic heterocycles. The van der Waals surface area contributed by atoms with Crippen molar-refractivity contribution < 1.29 is 4.74 Å². The van der Waals surface area contributed by atoms with Crippen molar-refractivity contribution in [1.29, 1.82) is 0 Å². The molecule has 1 heterocycles. The van der Waals surface area contributed by atoms with Crippen LogP contribution in [0.5, 0.6) is 0 Å². The number of nitrogen functional groups attached to an aromatic ring is 1. The van der Waals surface area contributed by atoms with Crippen molar-refractivity contribution >= 4 is 5.82 Å². The lowest BCUT2D eigenvalue weighted by Crippen LogP contribution is -2.31. The Labute approximate surface area is 90.9 Å². The molecule has 0 bridgehead atoms. The fourth-order valence-electron chi connectivity index (χ4n) is 1.70. The van der Waals surface area contributed by atoms with Crippen LogP contribution in [0, 0.1) is 0 Å². The predicted molar refractivity (Wildman–Crippen MR) is 60.3 cm³/mol. The number of anilines is 1. The second-order valence-electron chi connectivity index (χ2n) is 3.44. The molecule has 0 aliphatic carbocycles. The third-order valence-corrected chi connectivity index (χ3v) is 2.65. The molecule has 15 heavy (non-hydrogen) atoms. The SMILES string of the molecule is CCOC(CC)(CC)c1nccc(N)n1. The van der Waals surface area contributed by atoms with Crippen LogP contribution in [0.25, 0.3) is 0 Å². The molecular weight excluding hydrogens is 190 g/mol. The Kier molecular flexibility index (Phi) is 4.03. The minimum Gasteiger partial charge on any atom is -0.384 e. The summed E-state index contributed by atoms with van der Waals surface area (Å²) in [5, 5.41) is 0. The highest BCUT2D eigenvalue weighted by Gasteiger charge is 2.32. The van der Waals surface area contributed by atoms with E-state index in [1.807, 2.05) is 6.92 Å². The van der Waals surface area contributed by atoms with Crippen molar-refractivity contribution in [1.82, 2.24) is 9.97 Å². The second-order valence-corrected chi connectivity index (χ2v) is 3.44. The molecule has 0 fully saturated rings. The molecule has 2 N–H and O–H groups in total. The number of hydrogen-bond donors (Lipinski definition) is 1. The van der Waals surface area contributed by atoms with E-state index in [0.717, 1.165) is 12.8 Å². The number of rotatable bonds is 5. The van der Waals surface area contributed by atoms with Gasteiger partial charge in [-0.1, -0.05) is 13.8 Å². The van der Waals surface area contributed by atoms with E-state index in [1.54, 1.807) is 12.3 Å². The molecule has 1 rings (SSSR count). The normalized spacial score (nSPS) is 11.7. The monoisotopic (exact) mass is 209 g/mol. The molecule has 0 saturated carbocycles. The molecule has 4 nitrogen and oxygen atoms in total. The molecule has 0 atom stereocenters. The Morgan fingerprint density at radius 1 is 1.33 bits per heavy atom. The van der Waals surface area contributed by atoms with E-state index in [9.17, 15) is 0 Å². The highest BCUT2D eigenvalue weighted by molar-refractivity contribution is 5.26. The van der Waals surface area contributed by atoms with Gasteiger partial charge in [0, 0.05) is 12.8 Å². The zero-order valence-electron chi connectivity index (χ0n) is 9.66. The number of nitrogens with zero attached hydrogens (tertiary/aromatic N) is 2. The van der Waals surface area contributed by atoms with E-state index in [0.29, 0.717) is 18.2 Å². The van der Waals surface area contributed by atoms with E-state index in [2.05, 4.69) is 23.8 Å². The summed E-state index contributed by atoms with van der Waals surface area (Å²) in [7, 11) is 0. The van der Waals surface area contributed by atoms with Crippen LogP contribution >= 0.6 is 0 Å². The first kappa shape index (κ1) is 11.9. The maximum absolute atomic E-state index is 5.79. The van der Waals surface area contributed by atoms with E-state index in [4.69, 9.17) is 10.5 Å². The molecule has 4 heteroatoms. The van der Waals surface area contributed by atoms with Crippen LogP contribution in [0.1, 0.15) is 39.4 Å². The summed E-state index contributed by atoms with van der Waals surface area (Å²) in [4.78, 5) is 8.50. The number of aromatic nitrogens is 2. The van der Waals surface area contributed by atoms with Crippen LogP contribution < -0.4 is 5.73 Å². The fourth-order valence-corrected chi connectivity index (χ4v) is 1.70. The average Bonchev–Trinajstić information content (AvgIpc) is 2.26. The van der Waals surface area contributed by atoms with Crippen LogP contribution in [0.15, 0.2) is 12.3 Å². The zero-order valence-corrected chi connectivity index (χ0v) is 9.66. The largest absolute Gasteiger partial charge is 0.384 e. The van der Waals surface area contributed by atoms with Gasteiger partial charge in [0.15, 0.2) is 5.82 Å². The Balaban J connectivity index is 3.07. The van der Waals surface area contributed by atoms with Gasteiger partial charge < -0.3 is 10.5 Å². The summed E-state index contributed by atoms with van der Waals surface area (Å²) in [5.41, 5.74) is 5.27. The molecule has 0 radical (unpaired) electrons. The molecule has 1 aromatic rings. The van der Waals surface area contributed by atoms with Crippen LogP contribution in [-0.2, 0) is 10.3 Å². The summed E-state index contributed by atoms with van der Waals surface area (Å²) in [5.74, 6) is 1.18. The lowest BCUT2D eigenvalue weighted by molar-refractivity contribution is -0.0570. The van der Waals surface area contributed by atoms with E-state index >= 15 is 0 Å². The van der Waals surface area contributed by atoms with Gasteiger partial charge in [0.1, 0.15) is 11.4 Å². The highest BCUT2D eigenvalue weighted by Crippen LogP contribution is 2.30. The highest BCUT2D eigenvalue weighted by atomic mass is 16.5. The standard InChI is InChI=1S/C11H19N3O/c1-4-11(5-2,15-6-3)10-13-8-7-9(12)14-10/h7-8H,4-6H2,1-3H3,(H2,12,13,14). The van der Waals surface area contributed by atoms with Gasteiger partial charge in [-0.2, -0.15) is 0 Å². The van der Waals surface area contributed by atoms with Crippen LogP contribution in [0.4, 0.5) is 5.82 Å². The van der Waals surface area contributed by atoms with Crippen molar-refractivity contribution in [3.05, 3.63) is 18.1 Å². The predicted octanol–water partition coefficient (Wildman–Crippen LogP) is 2.11. The molecule has 0 unspecified atom stereocenters. The lowest BCUT2D eigenvalue weighted by atomic mass is 9.96. The zero-order chi connectivity index (χ0) is 11.3. The lowest BCUT2D eigenvalue weighted by Gasteiger charge is -2.29. The fraction of sp³-hybridized carbons (Fsp3) is 0.636. The van der Waals surface area contributed by atoms with Crippen molar-refractivity contribution in [3.8, 4) is 0 Å². The first-order valence-corrected chi connectivity index (χ1v) is 5.41. The smallest absolute Gasteiger partial charge is 0.162 e. The van der Waals surface area contributed by atoms with Crippen molar-refractivity contribution in [2.45, 2.75) is 39.2 Å². The maximum Gasteiger partial charge on any atom is 0.162 e. The van der Waals surface area contributed by atoms with Crippen molar-refractivity contribution in [2.24, 2.45) is 0 Å². The summed E-state index contributed by atoms with van der Waals surface area (Å²) < 4.78 is 5.79. The van der Waals surface area contributed by atoms with Gasteiger partial charge >= 0.3 is 0 Å². The van der Waals surface area contributed by atoms with Gasteiger partial charge in [-0.3, -0.25) is 0 Å². The van der Waals surface area contributed by atoms with Crippen LogP contribution in [0.3, 0.4) is 0 Å². The minimum absolute atomic E-state index is 0.385. The van der Waals surface area contributed by atoms with E-state index in [1.165, 1.54) is 0 Å². The maximum atomic E-state index is 5.79. The minimum atomic E-state index is -0.385. The Morgan fingerprint density at radius 3 is 2.47 bits per heavy atom. The summed E-state index contributed by atoms with van der Waals surface area (Å²) in [6.07, 6.45) is 3.37. The van der Waals surface area contributed by atoms with Crippen molar-refractivity contribution in [3.63, 3.8) is 0 Å². The van der Waals surface area contributed by atoms with E-state index in [-0.39, 0.29) is 5.60 Å². The summed E-state index contributed by atoms with van der Waals surface area (Å²) in [6, 6.07) is 1.69. The molecule has 0 aliphatic rings. The number of ether oxygens (including phenoxy) is 1. The Morgan fingerprint density at radius 2 is 2.00 bits per heavy atom. The van der Waals surface area contributed by atoms with E-state index < -0.39 is 0 Å². The Hall–Kier alpha value is -1.16. The molecular formula is C11H19N3O. The molecule has 0 spiro atoms. The van der Waals surface area contributed by atoms with Gasteiger partial charge in [0.25, 0.3) is 0 Å². The van der Waals surface area contributed by atoms with Gasteiger partial charge in [-0.05, 0) is 25.8 Å². The quantitative estimate of drug-likeness (QED) is 0.806. The second kappa shape index (κ2) is 5.07. The van der Waals surface area contributed by atoms with Crippen LogP contribution in [-0.4, -0.2) is 16.6 Å². The van der Waals surface area contributed by atoms with Gasteiger partial charge in [-0.15, -0.1) is 0 Å². The van der Waals surface area contributed by atoms with Gasteiger partial charge in [0.2, 0.25) is 0 Å². The Bertz CT molecular complexity index is 310. The topological polar surface area (TPSA) is 61.0 Å². The molecule has 84 valence electrons. The first-order chi connectivity index (χ1) is 7.18. The van der Waals surface area contributed by atoms with Crippen LogP contribution in [0.2, 0.25) is 0 Å². The molecule has 1 aromatic heterocycles. The number of hydrogen-bond acceptors (Lipinski definition) is 4. The number of nitrogens with two attached hydrogens (primary N) is 1. The summed E-state index contributed by atoms with van der Waals surface area (Å²) in [6.45, 7) is 6.78. The third-order valence-electron chi connectivity index (χ3n) is 2.65. The van der Waals surface area contributed by atoms with Crippen molar-refractivity contribution in [2.75, 3.05) is 12.3 Å². The molecule has 0 amide bonds. The summed E-state index contributed by atoms with van der Waals surface area (Å²) >= 11 is 0.